The Morgan fingerprint density at radius 3 is 2.30 bits per heavy atom. The quantitative estimate of drug-likeness (QED) is 0.392. The van der Waals surface area contributed by atoms with E-state index in [-0.39, 0.29) is 18.2 Å². The Morgan fingerprint density at radius 1 is 1.00 bits per heavy atom. The number of carboxylic acid groups (broad SMARTS) is 1. The molecular formula is C21H22ClN5O3. The van der Waals surface area contributed by atoms with Gasteiger partial charge in [0.05, 0.1) is 12.8 Å². The number of azo groups is 1. The Hall–Kier alpha value is -3.91. The van der Waals surface area contributed by atoms with Crippen molar-refractivity contribution >= 4 is 47.5 Å². The molecule has 2 aromatic carbocycles. The van der Waals surface area contributed by atoms with Gasteiger partial charge in [0, 0.05) is 11.6 Å². The molecule has 0 radical (unpaired) electrons. The number of aliphatic carboxylic acids is 1. The molecule has 156 valence electrons. The molecule has 0 spiro atoms. The first-order valence-electron chi connectivity index (χ1n) is 8.52. The maximum atomic E-state index is 10.2. The van der Waals surface area contributed by atoms with Crippen LogP contribution in [0.25, 0.3) is 6.08 Å². The van der Waals surface area contributed by atoms with Crippen molar-refractivity contribution in [3.8, 4) is 5.75 Å². The normalized spacial score (nSPS) is 10.2. The predicted molar refractivity (Wildman–Crippen MR) is 121 cm³/mol. The number of para-hydroxylation sites is 1. The fraction of sp³-hybridized carbons (Fsp3) is 0.0476. The zero-order valence-electron chi connectivity index (χ0n) is 16.2. The number of pyridine rings is 1. The third-order valence-electron chi connectivity index (χ3n) is 3.50. The predicted octanol–water partition coefficient (Wildman–Crippen LogP) is 4.88. The van der Waals surface area contributed by atoms with Gasteiger partial charge in [-0.1, -0.05) is 36.4 Å². The molecule has 0 amide bonds. The van der Waals surface area contributed by atoms with Gasteiger partial charge < -0.3 is 21.3 Å². The van der Waals surface area contributed by atoms with Crippen molar-refractivity contribution in [3.63, 3.8) is 0 Å². The summed E-state index contributed by atoms with van der Waals surface area (Å²) in [5.41, 5.74) is 13.1. The summed E-state index contributed by atoms with van der Waals surface area (Å²) in [6, 6.07) is 19.9. The van der Waals surface area contributed by atoms with Crippen LogP contribution >= 0.6 is 12.4 Å². The standard InChI is InChI=1S/C11H11N5.C10H10O3.ClH/c12-10-7-6-9(11(13)14-10)16-15-8-4-2-1-3-5-8;1-13-9-5-3-2-4-8(9)6-7-10(11)12;/h1-7H,(H4,12,13,14);2-7H,1H3,(H,11,12);1H. The van der Waals surface area contributed by atoms with E-state index in [1.807, 2.05) is 42.5 Å². The molecule has 0 saturated heterocycles. The summed E-state index contributed by atoms with van der Waals surface area (Å²) in [7, 11) is 1.55. The Morgan fingerprint density at radius 2 is 1.67 bits per heavy atom. The molecule has 8 nitrogen and oxygen atoms in total. The monoisotopic (exact) mass is 427 g/mol. The molecule has 9 heteroatoms. The Bertz CT molecular complexity index is 1010. The zero-order valence-corrected chi connectivity index (χ0v) is 17.0. The SMILES string of the molecule is COc1ccccc1C=CC(=O)O.Cl.Nc1ccc(N=Nc2ccccc2)c(N)n1. The van der Waals surface area contributed by atoms with Crippen LogP contribution in [0.3, 0.4) is 0 Å². The molecule has 1 aromatic heterocycles. The van der Waals surface area contributed by atoms with E-state index in [1.54, 1.807) is 31.4 Å². The number of anilines is 2. The Balaban J connectivity index is 0.000000297. The molecule has 0 atom stereocenters. The first-order valence-corrected chi connectivity index (χ1v) is 8.52. The molecule has 0 aliphatic rings. The fourth-order valence-electron chi connectivity index (χ4n) is 2.14. The molecule has 3 rings (SSSR count). The summed E-state index contributed by atoms with van der Waals surface area (Å²) in [6.45, 7) is 0. The lowest BCUT2D eigenvalue weighted by molar-refractivity contribution is -0.131. The van der Waals surface area contributed by atoms with E-state index in [9.17, 15) is 4.79 Å². The van der Waals surface area contributed by atoms with E-state index in [1.165, 1.54) is 6.08 Å². The minimum atomic E-state index is -0.967. The number of ether oxygens (including phenoxy) is 1. The van der Waals surface area contributed by atoms with E-state index in [2.05, 4.69) is 15.2 Å². The van der Waals surface area contributed by atoms with Crippen LogP contribution in [0.15, 0.2) is 83.0 Å². The average molecular weight is 428 g/mol. The van der Waals surface area contributed by atoms with Crippen LogP contribution in [0.5, 0.6) is 5.75 Å². The molecular weight excluding hydrogens is 406 g/mol. The van der Waals surface area contributed by atoms with Crippen molar-refractivity contribution in [2.24, 2.45) is 10.2 Å². The first kappa shape index (κ1) is 24.1. The minimum Gasteiger partial charge on any atom is -0.496 e. The van der Waals surface area contributed by atoms with Crippen LogP contribution < -0.4 is 16.2 Å². The second-order valence-electron chi connectivity index (χ2n) is 5.59. The number of hydrogen-bond acceptors (Lipinski definition) is 7. The molecule has 30 heavy (non-hydrogen) atoms. The summed E-state index contributed by atoms with van der Waals surface area (Å²) >= 11 is 0. The molecule has 0 saturated carbocycles. The van der Waals surface area contributed by atoms with Gasteiger partial charge in [0.25, 0.3) is 0 Å². The number of rotatable bonds is 5. The van der Waals surface area contributed by atoms with Crippen LogP contribution in [-0.2, 0) is 4.79 Å². The van der Waals surface area contributed by atoms with Gasteiger partial charge in [0.15, 0.2) is 5.82 Å². The van der Waals surface area contributed by atoms with Crippen molar-refractivity contribution < 1.29 is 14.6 Å². The van der Waals surface area contributed by atoms with E-state index in [0.29, 0.717) is 17.3 Å². The lowest BCUT2D eigenvalue weighted by atomic mass is 10.2. The van der Waals surface area contributed by atoms with Crippen molar-refractivity contribution in [2.45, 2.75) is 0 Å². The number of hydrogen-bond donors (Lipinski definition) is 3. The van der Waals surface area contributed by atoms with Gasteiger partial charge in [-0.15, -0.1) is 17.5 Å². The summed E-state index contributed by atoms with van der Waals surface area (Å²) in [4.78, 5) is 14.1. The maximum Gasteiger partial charge on any atom is 0.328 e. The number of carboxylic acids is 1. The molecule has 0 fully saturated rings. The second kappa shape index (κ2) is 12.5. The van der Waals surface area contributed by atoms with Crippen molar-refractivity contribution in [1.29, 1.82) is 0 Å². The summed E-state index contributed by atoms with van der Waals surface area (Å²) < 4.78 is 5.03. The van der Waals surface area contributed by atoms with Crippen LogP contribution in [-0.4, -0.2) is 23.2 Å². The number of nitrogens with zero attached hydrogens (tertiary/aromatic N) is 3. The zero-order chi connectivity index (χ0) is 21.1. The lowest BCUT2D eigenvalue weighted by Crippen LogP contribution is -1.95. The number of nitrogen functional groups attached to an aromatic ring is 2. The van der Waals surface area contributed by atoms with Crippen LogP contribution in [0.1, 0.15) is 5.56 Å². The molecule has 3 aromatic rings. The lowest BCUT2D eigenvalue weighted by Gasteiger charge is -2.02. The second-order valence-corrected chi connectivity index (χ2v) is 5.59. The molecule has 0 bridgehead atoms. The highest BCUT2D eigenvalue weighted by Gasteiger charge is 1.99. The first-order chi connectivity index (χ1) is 14.0. The highest BCUT2D eigenvalue weighted by atomic mass is 35.5. The molecule has 1 heterocycles. The third-order valence-corrected chi connectivity index (χ3v) is 3.50. The molecule has 0 aliphatic carbocycles. The average Bonchev–Trinajstić information content (AvgIpc) is 2.73. The maximum absolute atomic E-state index is 10.2. The smallest absolute Gasteiger partial charge is 0.328 e. The van der Waals surface area contributed by atoms with Crippen molar-refractivity contribution in [3.05, 3.63) is 78.4 Å². The largest absolute Gasteiger partial charge is 0.496 e. The topological polar surface area (TPSA) is 136 Å². The highest BCUT2D eigenvalue weighted by Crippen LogP contribution is 2.23. The number of aromatic nitrogens is 1. The van der Waals surface area contributed by atoms with Crippen molar-refractivity contribution in [1.82, 2.24) is 4.98 Å². The van der Waals surface area contributed by atoms with Crippen LogP contribution in [0.2, 0.25) is 0 Å². The highest BCUT2D eigenvalue weighted by molar-refractivity contribution is 5.86. The third kappa shape index (κ3) is 7.99. The fourth-order valence-corrected chi connectivity index (χ4v) is 2.14. The van der Waals surface area contributed by atoms with E-state index < -0.39 is 5.97 Å². The van der Waals surface area contributed by atoms with Gasteiger partial charge in [0.1, 0.15) is 17.3 Å². The number of nitrogens with two attached hydrogens (primary N) is 2. The Labute approximate surface area is 180 Å². The summed E-state index contributed by atoms with van der Waals surface area (Å²) in [6.07, 6.45) is 2.58. The van der Waals surface area contributed by atoms with E-state index in [4.69, 9.17) is 21.3 Å². The number of benzene rings is 2. The number of halogens is 1. The molecule has 5 N–H and O–H groups in total. The van der Waals surface area contributed by atoms with Gasteiger partial charge in [-0.25, -0.2) is 9.78 Å². The summed E-state index contributed by atoms with van der Waals surface area (Å²) in [5.74, 6) is 0.349. The summed E-state index contributed by atoms with van der Waals surface area (Å²) in [5, 5.41) is 16.4. The van der Waals surface area contributed by atoms with E-state index in [0.717, 1.165) is 17.3 Å². The van der Waals surface area contributed by atoms with Gasteiger partial charge >= 0.3 is 5.97 Å². The molecule has 0 aliphatic heterocycles. The van der Waals surface area contributed by atoms with Gasteiger partial charge in [-0.2, -0.15) is 5.11 Å². The van der Waals surface area contributed by atoms with Gasteiger partial charge in [-0.3, -0.25) is 0 Å². The minimum absolute atomic E-state index is 0. The Kier molecular flexibility index (Phi) is 10.1. The van der Waals surface area contributed by atoms with Crippen molar-refractivity contribution in [2.75, 3.05) is 18.6 Å². The number of methoxy groups -OCH3 is 1. The van der Waals surface area contributed by atoms with E-state index >= 15 is 0 Å². The molecule has 0 unspecified atom stereocenters. The van der Waals surface area contributed by atoms with Gasteiger partial charge in [0.2, 0.25) is 0 Å². The van der Waals surface area contributed by atoms with Crippen LogP contribution in [0, 0.1) is 0 Å². The number of carbonyl (C=O) groups is 1. The van der Waals surface area contributed by atoms with Gasteiger partial charge in [-0.05, 0) is 36.4 Å². The van der Waals surface area contributed by atoms with Crippen LogP contribution in [0.4, 0.5) is 23.0 Å².